The second kappa shape index (κ2) is 8.67. The molecule has 13 heteroatoms. The number of nitrogens with one attached hydrogen (secondary N) is 1. The highest BCUT2D eigenvalue weighted by Crippen LogP contribution is 2.20. The van der Waals surface area contributed by atoms with Crippen LogP contribution in [-0.2, 0) is 27.9 Å². The fourth-order valence-electron chi connectivity index (χ4n) is 3.09. The Morgan fingerprint density at radius 1 is 1.32 bits per heavy atom. The van der Waals surface area contributed by atoms with Crippen molar-refractivity contribution in [2.45, 2.75) is 24.2 Å². The van der Waals surface area contributed by atoms with Gasteiger partial charge < -0.3 is 14.8 Å². The molecule has 1 aliphatic heterocycles. The Balaban J connectivity index is 1.77. The Bertz CT molecular complexity index is 1080. The van der Waals surface area contributed by atoms with Gasteiger partial charge in [-0.1, -0.05) is 6.07 Å². The van der Waals surface area contributed by atoms with Gasteiger partial charge in [0.25, 0.3) is 5.91 Å². The number of nitrogens with zero attached hydrogens (tertiary/aromatic N) is 4. The monoisotopic (exact) mass is 459 g/mol. The summed E-state index contributed by atoms with van der Waals surface area (Å²) >= 11 is 0. The standard InChI is InChI=1S/C18H20F3N5O4S/c1-24(10-15-22-5-7-25(15)12-18(19,20)21)17(28)13-3-2-4-14(9-13)31(29,30)26-8-6-23-16(27)11-26/h2-5,7,9H,6,8,10-12H2,1H3,(H,23,27). The van der Waals surface area contributed by atoms with Crippen molar-refractivity contribution in [1.82, 2.24) is 24.1 Å². The molecule has 0 aliphatic carbocycles. The van der Waals surface area contributed by atoms with Gasteiger partial charge in [0, 0.05) is 38.1 Å². The van der Waals surface area contributed by atoms with E-state index in [0.717, 1.165) is 13.8 Å². The lowest BCUT2D eigenvalue weighted by molar-refractivity contribution is -0.141. The maximum atomic E-state index is 12.8. The number of carbonyl (C=O) groups excluding carboxylic acids is 2. The first kappa shape index (κ1) is 22.7. The quantitative estimate of drug-likeness (QED) is 0.690. The molecule has 0 spiro atoms. The van der Waals surface area contributed by atoms with Gasteiger partial charge in [0.15, 0.2) is 0 Å². The summed E-state index contributed by atoms with van der Waals surface area (Å²) in [5.74, 6) is -0.970. The van der Waals surface area contributed by atoms with Gasteiger partial charge in [0.05, 0.1) is 18.0 Å². The first-order valence-electron chi connectivity index (χ1n) is 9.16. The second-order valence-corrected chi connectivity index (χ2v) is 8.90. The Hall–Kier alpha value is -2.93. The highest BCUT2D eigenvalue weighted by Gasteiger charge is 2.31. The number of benzene rings is 1. The molecule has 0 saturated carbocycles. The minimum absolute atomic E-state index is 0.0382. The Morgan fingerprint density at radius 2 is 2.06 bits per heavy atom. The zero-order chi connectivity index (χ0) is 22.8. The van der Waals surface area contributed by atoms with Crippen LogP contribution in [0.5, 0.6) is 0 Å². The summed E-state index contributed by atoms with van der Waals surface area (Å²) in [5, 5.41) is 2.54. The largest absolute Gasteiger partial charge is 0.406 e. The molecule has 31 heavy (non-hydrogen) atoms. The molecule has 0 radical (unpaired) electrons. The Labute approximate surface area is 176 Å². The molecule has 0 atom stereocenters. The van der Waals surface area contributed by atoms with Crippen molar-refractivity contribution in [3.05, 3.63) is 48.0 Å². The van der Waals surface area contributed by atoms with Crippen molar-refractivity contribution < 1.29 is 31.2 Å². The number of alkyl halides is 3. The van der Waals surface area contributed by atoms with E-state index in [1.165, 1.54) is 43.7 Å². The van der Waals surface area contributed by atoms with Gasteiger partial charge in [-0.2, -0.15) is 17.5 Å². The zero-order valence-electron chi connectivity index (χ0n) is 16.5. The van der Waals surface area contributed by atoms with Crippen LogP contribution in [0.3, 0.4) is 0 Å². The van der Waals surface area contributed by atoms with E-state index in [9.17, 15) is 31.2 Å². The van der Waals surface area contributed by atoms with Crippen LogP contribution in [0.4, 0.5) is 13.2 Å². The van der Waals surface area contributed by atoms with E-state index in [1.807, 2.05) is 0 Å². The lowest BCUT2D eigenvalue weighted by atomic mass is 10.2. The fraction of sp³-hybridized carbons (Fsp3) is 0.389. The number of aromatic nitrogens is 2. The van der Waals surface area contributed by atoms with Crippen LogP contribution >= 0.6 is 0 Å². The van der Waals surface area contributed by atoms with Crippen LogP contribution in [0.15, 0.2) is 41.6 Å². The maximum Gasteiger partial charge on any atom is 0.406 e. The van der Waals surface area contributed by atoms with Crippen LogP contribution < -0.4 is 5.32 Å². The van der Waals surface area contributed by atoms with Gasteiger partial charge in [0.2, 0.25) is 15.9 Å². The van der Waals surface area contributed by atoms with Crippen molar-refractivity contribution in [2.75, 3.05) is 26.7 Å². The summed E-state index contributed by atoms with van der Waals surface area (Å²) in [6.45, 7) is -1.47. The predicted molar refractivity (Wildman–Crippen MR) is 102 cm³/mol. The number of halogens is 3. The molecule has 2 amide bonds. The van der Waals surface area contributed by atoms with Crippen LogP contribution in [0.1, 0.15) is 16.2 Å². The van der Waals surface area contributed by atoms with Crippen molar-refractivity contribution >= 4 is 21.8 Å². The normalized spacial score (nSPS) is 15.5. The molecular formula is C18H20F3N5O4S. The molecule has 2 heterocycles. The molecule has 1 aliphatic rings. The number of hydrogen-bond acceptors (Lipinski definition) is 5. The topological polar surface area (TPSA) is 105 Å². The summed E-state index contributed by atoms with van der Waals surface area (Å²) in [7, 11) is -2.61. The number of hydrogen-bond donors (Lipinski definition) is 1. The van der Waals surface area contributed by atoms with Gasteiger partial charge in [-0.05, 0) is 18.2 Å². The van der Waals surface area contributed by atoms with E-state index in [0.29, 0.717) is 0 Å². The third-order valence-corrected chi connectivity index (χ3v) is 6.44. The van der Waals surface area contributed by atoms with Crippen molar-refractivity contribution in [3.63, 3.8) is 0 Å². The van der Waals surface area contributed by atoms with E-state index < -0.39 is 34.6 Å². The van der Waals surface area contributed by atoms with Gasteiger partial charge in [-0.25, -0.2) is 13.4 Å². The fourth-order valence-corrected chi connectivity index (χ4v) is 4.54. The number of rotatable bonds is 6. The lowest BCUT2D eigenvalue weighted by Crippen LogP contribution is -2.49. The maximum absolute atomic E-state index is 12.8. The number of amides is 2. The number of imidazole rings is 1. The molecular weight excluding hydrogens is 439 g/mol. The average Bonchev–Trinajstić information content (AvgIpc) is 3.12. The predicted octanol–water partition coefficient (Wildman–Crippen LogP) is 0.838. The molecule has 1 aromatic carbocycles. The van der Waals surface area contributed by atoms with E-state index >= 15 is 0 Å². The summed E-state index contributed by atoms with van der Waals surface area (Å²) in [4.78, 5) is 29.2. The molecule has 2 aromatic rings. The highest BCUT2D eigenvalue weighted by molar-refractivity contribution is 7.89. The van der Waals surface area contributed by atoms with E-state index in [2.05, 4.69) is 10.3 Å². The minimum atomic E-state index is -4.44. The van der Waals surface area contributed by atoms with Crippen molar-refractivity contribution in [1.29, 1.82) is 0 Å². The van der Waals surface area contributed by atoms with Gasteiger partial charge in [0.1, 0.15) is 12.4 Å². The number of sulfonamides is 1. The van der Waals surface area contributed by atoms with Crippen LogP contribution in [0, 0.1) is 0 Å². The lowest BCUT2D eigenvalue weighted by Gasteiger charge is -2.26. The van der Waals surface area contributed by atoms with Gasteiger partial charge >= 0.3 is 6.18 Å². The third kappa shape index (κ3) is 5.41. The van der Waals surface area contributed by atoms with Crippen molar-refractivity contribution in [3.8, 4) is 0 Å². The summed E-state index contributed by atoms with van der Waals surface area (Å²) in [6, 6.07) is 5.29. The van der Waals surface area contributed by atoms with E-state index in [1.54, 1.807) is 0 Å². The van der Waals surface area contributed by atoms with Gasteiger partial charge in [-0.15, -0.1) is 0 Å². The van der Waals surface area contributed by atoms with Crippen LogP contribution in [0.2, 0.25) is 0 Å². The van der Waals surface area contributed by atoms with Crippen LogP contribution in [-0.4, -0.2) is 71.8 Å². The summed E-state index contributed by atoms with van der Waals surface area (Å²) in [6.07, 6.45) is -2.06. The molecule has 1 N–H and O–H groups in total. The number of carbonyl (C=O) groups is 2. The first-order chi connectivity index (χ1) is 14.5. The Kier molecular flexibility index (Phi) is 6.36. The highest BCUT2D eigenvalue weighted by atomic mass is 32.2. The zero-order valence-corrected chi connectivity index (χ0v) is 17.3. The third-order valence-electron chi connectivity index (χ3n) is 4.60. The molecule has 1 saturated heterocycles. The molecule has 1 fully saturated rings. The van der Waals surface area contributed by atoms with E-state index in [-0.39, 0.29) is 42.5 Å². The second-order valence-electron chi connectivity index (χ2n) is 6.96. The molecule has 0 unspecified atom stereocenters. The summed E-state index contributed by atoms with van der Waals surface area (Å²) in [5.41, 5.74) is 0.0407. The van der Waals surface area contributed by atoms with Gasteiger partial charge in [-0.3, -0.25) is 9.59 Å². The molecule has 9 nitrogen and oxygen atoms in total. The molecule has 1 aromatic heterocycles. The summed E-state index contributed by atoms with van der Waals surface area (Å²) < 4.78 is 65.6. The minimum Gasteiger partial charge on any atom is -0.354 e. The number of piperazine rings is 1. The van der Waals surface area contributed by atoms with E-state index in [4.69, 9.17) is 0 Å². The molecule has 0 bridgehead atoms. The average molecular weight is 459 g/mol. The SMILES string of the molecule is CN(Cc1nccn1CC(F)(F)F)C(=O)c1cccc(S(=O)(=O)N2CCNC(=O)C2)c1. The molecule has 3 rings (SSSR count). The first-order valence-corrected chi connectivity index (χ1v) is 10.6. The molecule has 168 valence electrons. The Morgan fingerprint density at radius 3 is 2.74 bits per heavy atom. The van der Waals surface area contributed by atoms with Crippen LogP contribution in [0.25, 0.3) is 0 Å². The van der Waals surface area contributed by atoms with Crippen molar-refractivity contribution in [2.24, 2.45) is 0 Å². The smallest absolute Gasteiger partial charge is 0.354 e.